The summed E-state index contributed by atoms with van der Waals surface area (Å²) in [6, 6.07) is 13.4. The van der Waals surface area contributed by atoms with Gasteiger partial charge in [-0.1, -0.05) is 12.1 Å². The molecular weight excluding hydrogens is 523 g/mol. The molecule has 1 aliphatic heterocycles. The number of pyridine rings is 2. The molecule has 0 amide bonds. The maximum Gasteiger partial charge on any atom is 0.166 e. The number of carbonyl (C=O) groups excluding carboxylic acids is 1. The van der Waals surface area contributed by atoms with E-state index in [0.717, 1.165) is 66.4 Å². The molecule has 6 rings (SSSR count). The van der Waals surface area contributed by atoms with Crippen molar-refractivity contribution in [2.24, 2.45) is 5.92 Å². The van der Waals surface area contributed by atoms with Crippen molar-refractivity contribution in [3.05, 3.63) is 71.8 Å². The van der Waals surface area contributed by atoms with Crippen LogP contribution in [0.1, 0.15) is 44.2 Å². The van der Waals surface area contributed by atoms with Crippen LogP contribution in [0.25, 0.3) is 20.8 Å². The van der Waals surface area contributed by atoms with Crippen LogP contribution < -0.4 is 4.74 Å². The summed E-state index contributed by atoms with van der Waals surface area (Å²) in [5, 5.41) is 0. The van der Waals surface area contributed by atoms with Crippen molar-refractivity contribution in [3.63, 3.8) is 0 Å². The molecule has 0 N–H and O–H groups in total. The molecule has 3 aromatic heterocycles. The van der Waals surface area contributed by atoms with Crippen LogP contribution in [0.5, 0.6) is 11.5 Å². The van der Waals surface area contributed by atoms with E-state index in [1.165, 1.54) is 23.0 Å². The van der Waals surface area contributed by atoms with E-state index in [-0.39, 0.29) is 18.0 Å². The number of thiophene rings is 1. The molecule has 0 spiro atoms. The van der Waals surface area contributed by atoms with Gasteiger partial charge in [0.05, 0.1) is 20.8 Å². The fraction of sp³-hybridized carbons (Fsp3) is 0.406. The van der Waals surface area contributed by atoms with Crippen molar-refractivity contribution in [1.82, 2.24) is 19.8 Å². The maximum absolute atomic E-state index is 14.9. The molecule has 1 saturated carbocycles. The fourth-order valence-corrected chi connectivity index (χ4v) is 6.32. The van der Waals surface area contributed by atoms with Gasteiger partial charge in [-0.15, -0.1) is 11.3 Å². The summed E-state index contributed by atoms with van der Waals surface area (Å²) in [6.45, 7) is 9.79. The average Bonchev–Trinajstić information content (AvgIpc) is 3.64. The lowest BCUT2D eigenvalue weighted by atomic mass is 10.0. The van der Waals surface area contributed by atoms with Gasteiger partial charge in [0.1, 0.15) is 11.5 Å². The second-order valence-corrected chi connectivity index (χ2v) is 12.4. The molecule has 0 atom stereocenters. The Morgan fingerprint density at radius 1 is 1.02 bits per heavy atom. The highest BCUT2D eigenvalue weighted by Crippen LogP contribution is 2.39. The summed E-state index contributed by atoms with van der Waals surface area (Å²) in [6.07, 6.45) is 6.77. The van der Waals surface area contributed by atoms with E-state index >= 15 is 0 Å². The standard InChI is InChI=1S/C32H35FN4O2S/c1-21(2)37-13-11-36(12-14-37)20-24-5-7-27(35-19-24)31-18-28-32(40-31)30(9-10-34-28)39-29-8-6-23(17-26(29)33)16-25(38)15-22-3-4-22/h5-10,17-19,21-22H,3-4,11-16,20H2,1-2H3. The first-order valence-corrected chi connectivity index (χ1v) is 15.0. The average molecular weight is 559 g/mol. The normalized spacial score (nSPS) is 16.6. The van der Waals surface area contributed by atoms with Gasteiger partial charge < -0.3 is 4.74 Å². The van der Waals surface area contributed by atoms with Crippen molar-refractivity contribution in [1.29, 1.82) is 0 Å². The number of piperazine rings is 1. The van der Waals surface area contributed by atoms with Gasteiger partial charge in [-0.05, 0) is 68.0 Å². The van der Waals surface area contributed by atoms with E-state index < -0.39 is 5.82 Å². The summed E-state index contributed by atoms with van der Waals surface area (Å²) in [5.41, 5.74) is 3.56. The van der Waals surface area contributed by atoms with Crippen molar-refractivity contribution < 1.29 is 13.9 Å². The Kier molecular flexibility index (Phi) is 7.91. The second kappa shape index (κ2) is 11.7. The van der Waals surface area contributed by atoms with Gasteiger partial charge in [0.25, 0.3) is 0 Å². The van der Waals surface area contributed by atoms with Gasteiger partial charge in [-0.3, -0.25) is 24.6 Å². The minimum absolute atomic E-state index is 0.137. The number of carbonyl (C=O) groups is 1. The largest absolute Gasteiger partial charge is 0.453 e. The Labute approximate surface area is 238 Å². The number of fused-ring (bicyclic) bond motifs is 1. The number of hydrogen-bond donors (Lipinski definition) is 0. The summed E-state index contributed by atoms with van der Waals surface area (Å²) in [5.74, 6) is 0.922. The van der Waals surface area contributed by atoms with Crippen molar-refractivity contribution in [2.75, 3.05) is 26.2 Å². The van der Waals surface area contributed by atoms with Crippen LogP contribution in [0.3, 0.4) is 0 Å². The van der Waals surface area contributed by atoms with Crippen LogP contribution in [0.2, 0.25) is 0 Å². The Bertz CT molecular complexity index is 1490. The molecule has 1 aliphatic carbocycles. The Hall–Kier alpha value is -3.20. The molecule has 1 aromatic carbocycles. The summed E-state index contributed by atoms with van der Waals surface area (Å²) in [4.78, 5) is 27.4. The zero-order valence-electron chi connectivity index (χ0n) is 23.1. The Morgan fingerprint density at radius 3 is 2.52 bits per heavy atom. The molecule has 6 nitrogen and oxygen atoms in total. The molecule has 2 aliphatic rings. The number of aromatic nitrogens is 2. The van der Waals surface area contributed by atoms with Gasteiger partial charge in [0.15, 0.2) is 11.6 Å². The first kappa shape index (κ1) is 27.0. The van der Waals surface area contributed by atoms with Gasteiger partial charge in [-0.2, -0.15) is 0 Å². The minimum atomic E-state index is -0.471. The lowest BCUT2D eigenvalue weighted by molar-refractivity contribution is -0.118. The number of rotatable bonds is 10. The van der Waals surface area contributed by atoms with E-state index in [2.05, 4.69) is 40.8 Å². The summed E-state index contributed by atoms with van der Waals surface area (Å²) < 4.78 is 21.8. The first-order valence-electron chi connectivity index (χ1n) is 14.2. The van der Waals surface area contributed by atoms with E-state index in [0.29, 0.717) is 29.7 Å². The van der Waals surface area contributed by atoms with Crippen LogP contribution in [0.15, 0.2) is 54.9 Å². The highest BCUT2D eigenvalue weighted by atomic mass is 32.1. The third-order valence-corrected chi connectivity index (χ3v) is 8.99. The number of ketones is 1. The van der Waals surface area contributed by atoms with E-state index in [1.54, 1.807) is 24.4 Å². The van der Waals surface area contributed by atoms with E-state index in [1.807, 2.05) is 12.3 Å². The highest BCUT2D eigenvalue weighted by Gasteiger charge is 2.24. The van der Waals surface area contributed by atoms with Crippen LogP contribution in [-0.2, 0) is 17.8 Å². The zero-order valence-corrected chi connectivity index (χ0v) is 23.9. The number of benzene rings is 1. The molecule has 4 heterocycles. The van der Waals surface area contributed by atoms with E-state index in [9.17, 15) is 9.18 Å². The third kappa shape index (κ3) is 6.40. The quantitative estimate of drug-likeness (QED) is 0.215. The Morgan fingerprint density at radius 2 is 1.82 bits per heavy atom. The molecule has 0 unspecified atom stereocenters. The number of hydrogen-bond acceptors (Lipinski definition) is 7. The third-order valence-electron chi connectivity index (χ3n) is 7.83. The lowest BCUT2D eigenvalue weighted by Gasteiger charge is -2.36. The number of nitrogens with zero attached hydrogens (tertiary/aromatic N) is 4. The van der Waals surface area contributed by atoms with Gasteiger partial charge in [-0.25, -0.2) is 4.39 Å². The summed E-state index contributed by atoms with van der Waals surface area (Å²) in [7, 11) is 0. The van der Waals surface area contributed by atoms with Gasteiger partial charge in [0, 0.05) is 70.1 Å². The predicted molar refractivity (Wildman–Crippen MR) is 157 cm³/mol. The highest BCUT2D eigenvalue weighted by molar-refractivity contribution is 7.22. The molecule has 0 bridgehead atoms. The topological polar surface area (TPSA) is 58.6 Å². The number of ether oxygens (including phenoxy) is 1. The fourth-order valence-electron chi connectivity index (χ4n) is 5.28. The van der Waals surface area contributed by atoms with Crippen molar-refractivity contribution in [2.45, 2.75) is 52.1 Å². The number of Topliss-reactive ketones (excluding diaryl/α,β-unsaturated/α-hetero) is 1. The van der Waals surface area contributed by atoms with Crippen molar-refractivity contribution in [3.8, 4) is 22.1 Å². The predicted octanol–water partition coefficient (Wildman–Crippen LogP) is 6.73. The first-order chi connectivity index (χ1) is 19.4. The summed E-state index contributed by atoms with van der Waals surface area (Å²) >= 11 is 1.54. The molecule has 8 heteroatoms. The van der Waals surface area contributed by atoms with E-state index in [4.69, 9.17) is 9.72 Å². The maximum atomic E-state index is 14.9. The second-order valence-electron chi connectivity index (χ2n) is 11.3. The molecular formula is C32H35FN4O2S. The molecule has 2 fully saturated rings. The molecule has 0 radical (unpaired) electrons. The van der Waals surface area contributed by atoms with Gasteiger partial charge >= 0.3 is 0 Å². The van der Waals surface area contributed by atoms with Crippen LogP contribution >= 0.6 is 11.3 Å². The SMILES string of the molecule is CC(C)N1CCN(Cc2ccc(-c3cc4nccc(Oc5ccc(CC(=O)CC6CC6)cc5F)c4s3)nc2)CC1. The molecule has 1 saturated heterocycles. The number of halogens is 1. The molecule has 208 valence electrons. The monoisotopic (exact) mass is 558 g/mol. The van der Waals surface area contributed by atoms with Crippen molar-refractivity contribution >= 4 is 27.3 Å². The smallest absolute Gasteiger partial charge is 0.166 e. The van der Waals surface area contributed by atoms with Crippen LogP contribution in [0.4, 0.5) is 4.39 Å². The van der Waals surface area contributed by atoms with Crippen LogP contribution in [0, 0.1) is 11.7 Å². The Balaban J connectivity index is 1.13. The van der Waals surface area contributed by atoms with Crippen LogP contribution in [-0.4, -0.2) is 57.8 Å². The molecule has 4 aromatic rings. The molecule has 40 heavy (non-hydrogen) atoms. The minimum Gasteiger partial charge on any atom is -0.453 e. The zero-order chi connectivity index (χ0) is 27.6. The van der Waals surface area contributed by atoms with Gasteiger partial charge in [0.2, 0.25) is 0 Å². The lowest BCUT2D eigenvalue weighted by Crippen LogP contribution is -2.48.